The SMILES string of the molecule is CCn1ncnc1CC(C)NC. The Bertz CT molecular complexity index is 231. The molecule has 0 bridgehead atoms. The number of aromatic nitrogens is 3. The summed E-state index contributed by atoms with van der Waals surface area (Å²) in [5, 5.41) is 7.27. The van der Waals surface area contributed by atoms with Crippen LogP contribution in [0.5, 0.6) is 0 Å². The molecular weight excluding hydrogens is 152 g/mol. The average Bonchev–Trinajstić information content (AvgIpc) is 2.51. The first kappa shape index (κ1) is 9.19. The standard InChI is InChI=1S/C8H16N4/c1-4-12-8(10-6-11-12)5-7(2)9-3/h6-7,9H,4-5H2,1-3H3. The van der Waals surface area contributed by atoms with E-state index in [1.165, 1.54) is 0 Å². The number of likely N-dealkylation sites (N-methyl/N-ethyl adjacent to an activating group) is 1. The third kappa shape index (κ3) is 2.04. The van der Waals surface area contributed by atoms with Crippen molar-refractivity contribution in [3.63, 3.8) is 0 Å². The second-order valence-electron chi connectivity index (χ2n) is 2.89. The minimum Gasteiger partial charge on any atom is -0.317 e. The summed E-state index contributed by atoms with van der Waals surface area (Å²) >= 11 is 0. The van der Waals surface area contributed by atoms with Crippen molar-refractivity contribution in [2.24, 2.45) is 0 Å². The van der Waals surface area contributed by atoms with Crippen LogP contribution in [0.25, 0.3) is 0 Å². The van der Waals surface area contributed by atoms with Gasteiger partial charge in [-0.1, -0.05) is 0 Å². The lowest BCUT2D eigenvalue weighted by atomic mass is 10.2. The molecule has 0 aromatic carbocycles. The van der Waals surface area contributed by atoms with Gasteiger partial charge in [0.1, 0.15) is 12.2 Å². The smallest absolute Gasteiger partial charge is 0.138 e. The molecular formula is C8H16N4. The summed E-state index contributed by atoms with van der Waals surface area (Å²) in [6.07, 6.45) is 2.55. The summed E-state index contributed by atoms with van der Waals surface area (Å²) in [4.78, 5) is 4.19. The van der Waals surface area contributed by atoms with Gasteiger partial charge in [-0.2, -0.15) is 5.10 Å². The summed E-state index contributed by atoms with van der Waals surface area (Å²) in [6, 6.07) is 0.458. The molecule has 0 spiro atoms. The lowest BCUT2D eigenvalue weighted by molar-refractivity contribution is 0.544. The van der Waals surface area contributed by atoms with Crippen molar-refractivity contribution in [3.8, 4) is 0 Å². The number of nitrogens with zero attached hydrogens (tertiary/aromatic N) is 3. The Hall–Kier alpha value is -0.900. The number of rotatable bonds is 4. The Balaban J connectivity index is 2.61. The molecule has 0 aliphatic carbocycles. The predicted octanol–water partition coefficient (Wildman–Crippen LogP) is 0.448. The molecule has 1 aromatic heterocycles. The molecule has 1 atom stereocenters. The van der Waals surface area contributed by atoms with Gasteiger partial charge in [0.25, 0.3) is 0 Å². The van der Waals surface area contributed by atoms with Gasteiger partial charge in [-0.25, -0.2) is 4.98 Å². The maximum atomic E-state index is 4.19. The maximum Gasteiger partial charge on any atom is 0.138 e. The molecule has 68 valence electrons. The Morgan fingerprint density at radius 3 is 3.00 bits per heavy atom. The van der Waals surface area contributed by atoms with E-state index in [1.54, 1.807) is 6.33 Å². The van der Waals surface area contributed by atoms with Gasteiger partial charge in [-0.15, -0.1) is 0 Å². The van der Waals surface area contributed by atoms with Gasteiger partial charge < -0.3 is 5.32 Å². The fraction of sp³-hybridized carbons (Fsp3) is 0.750. The molecule has 1 aromatic rings. The van der Waals surface area contributed by atoms with E-state index in [9.17, 15) is 0 Å². The van der Waals surface area contributed by atoms with Crippen molar-refractivity contribution >= 4 is 0 Å². The molecule has 0 saturated carbocycles. The van der Waals surface area contributed by atoms with Gasteiger partial charge in [0.15, 0.2) is 0 Å². The summed E-state index contributed by atoms with van der Waals surface area (Å²) in [5.41, 5.74) is 0. The number of hydrogen-bond acceptors (Lipinski definition) is 3. The van der Waals surface area contributed by atoms with Crippen molar-refractivity contribution < 1.29 is 0 Å². The summed E-state index contributed by atoms with van der Waals surface area (Å²) in [5.74, 6) is 1.05. The second-order valence-corrected chi connectivity index (χ2v) is 2.89. The maximum absolute atomic E-state index is 4.19. The van der Waals surface area contributed by atoms with E-state index in [0.29, 0.717) is 6.04 Å². The first-order valence-corrected chi connectivity index (χ1v) is 4.31. The van der Waals surface area contributed by atoms with Gasteiger partial charge in [-0.05, 0) is 20.9 Å². The van der Waals surface area contributed by atoms with Crippen molar-refractivity contribution in [2.75, 3.05) is 7.05 Å². The van der Waals surface area contributed by atoms with Crippen LogP contribution in [0.2, 0.25) is 0 Å². The molecule has 4 nitrogen and oxygen atoms in total. The lowest BCUT2D eigenvalue weighted by Gasteiger charge is -2.09. The zero-order valence-corrected chi connectivity index (χ0v) is 7.91. The van der Waals surface area contributed by atoms with Crippen LogP contribution in [-0.2, 0) is 13.0 Å². The van der Waals surface area contributed by atoms with Gasteiger partial charge in [0, 0.05) is 19.0 Å². The first-order valence-electron chi connectivity index (χ1n) is 4.31. The van der Waals surface area contributed by atoms with E-state index in [0.717, 1.165) is 18.8 Å². The molecule has 0 aliphatic rings. The number of nitrogens with one attached hydrogen (secondary N) is 1. The van der Waals surface area contributed by atoms with Crippen LogP contribution in [0.1, 0.15) is 19.7 Å². The molecule has 12 heavy (non-hydrogen) atoms. The normalized spacial score (nSPS) is 13.2. The van der Waals surface area contributed by atoms with E-state index in [1.807, 2.05) is 11.7 Å². The lowest BCUT2D eigenvalue weighted by Crippen LogP contribution is -2.25. The molecule has 1 unspecified atom stereocenters. The fourth-order valence-electron chi connectivity index (χ4n) is 1.09. The molecule has 0 aliphatic heterocycles. The average molecular weight is 168 g/mol. The monoisotopic (exact) mass is 168 g/mol. The topological polar surface area (TPSA) is 42.7 Å². The molecule has 0 radical (unpaired) electrons. The van der Waals surface area contributed by atoms with Gasteiger partial charge in [-0.3, -0.25) is 4.68 Å². The molecule has 0 amide bonds. The number of aryl methyl sites for hydroxylation is 1. The minimum absolute atomic E-state index is 0.458. The van der Waals surface area contributed by atoms with Crippen LogP contribution < -0.4 is 5.32 Å². The van der Waals surface area contributed by atoms with Gasteiger partial charge in [0.2, 0.25) is 0 Å². The molecule has 0 fully saturated rings. The highest BCUT2D eigenvalue weighted by molar-refractivity contribution is 4.87. The van der Waals surface area contributed by atoms with E-state index < -0.39 is 0 Å². The molecule has 1 heterocycles. The van der Waals surface area contributed by atoms with Crippen LogP contribution in [0, 0.1) is 0 Å². The number of hydrogen-bond donors (Lipinski definition) is 1. The quantitative estimate of drug-likeness (QED) is 0.709. The Labute approximate surface area is 73.0 Å². The van der Waals surface area contributed by atoms with Gasteiger partial charge in [0.05, 0.1) is 0 Å². The Morgan fingerprint density at radius 2 is 2.42 bits per heavy atom. The van der Waals surface area contributed by atoms with Crippen molar-refractivity contribution in [2.45, 2.75) is 32.9 Å². The molecule has 1 rings (SSSR count). The predicted molar refractivity (Wildman–Crippen MR) is 47.9 cm³/mol. The van der Waals surface area contributed by atoms with Crippen molar-refractivity contribution in [3.05, 3.63) is 12.2 Å². The highest BCUT2D eigenvalue weighted by Gasteiger charge is 2.06. The van der Waals surface area contributed by atoms with E-state index >= 15 is 0 Å². The van der Waals surface area contributed by atoms with E-state index in [4.69, 9.17) is 0 Å². The first-order chi connectivity index (χ1) is 5.77. The molecule has 1 N–H and O–H groups in total. The Kier molecular flexibility index (Phi) is 3.22. The zero-order chi connectivity index (χ0) is 8.97. The van der Waals surface area contributed by atoms with Crippen molar-refractivity contribution in [1.82, 2.24) is 20.1 Å². The highest BCUT2D eigenvalue weighted by atomic mass is 15.3. The Morgan fingerprint density at radius 1 is 1.67 bits per heavy atom. The second kappa shape index (κ2) is 4.21. The third-order valence-electron chi connectivity index (χ3n) is 1.98. The minimum atomic E-state index is 0.458. The third-order valence-corrected chi connectivity index (χ3v) is 1.98. The zero-order valence-electron chi connectivity index (χ0n) is 7.91. The van der Waals surface area contributed by atoms with Gasteiger partial charge >= 0.3 is 0 Å². The molecule has 0 saturated heterocycles. The molecule has 4 heteroatoms. The van der Waals surface area contributed by atoms with Crippen LogP contribution in [0.4, 0.5) is 0 Å². The van der Waals surface area contributed by atoms with Crippen LogP contribution in [0.15, 0.2) is 6.33 Å². The summed E-state index contributed by atoms with van der Waals surface area (Å²) < 4.78 is 1.92. The highest BCUT2D eigenvalue weighted by Crippen LogP contribution is 1.98. The largest absolute Gasteiger partial charge is 0.317 e. The van der Waals surface area contributed by atoms with E-state index in [2.05, 4.69) is 29.2 Å². The fourth-order valence-corrected chi connectivity index (χ4v) is 1.09. The summed E-state index contributed by atoms with van der Waals surface area (Å²) in [7, 11) is 1.96. The van der Waals surface area contributed by atoms with Crippen LogP contribution >= 0.6 is 0 Å². The van der Waals surface area contributed by atoms with Crippen LogP contribution in [0.3, 0.4) is 0 Å². The van der Waals surface area contributed by atoms with E-state index in [-0.39, 0.29) is 0 Å². The van der Waals surface area contributed by atoms with Crippen LogP contribution in [-0.4, -0.2) is 27.9 Å². The van der Waals surface area contributed by atoms with Crippen molar-refractivity contribution in [1.29, 1.82) is 0 Å². The summed E-state index contributed by atoms with van der Waals surface area (Å²) in [6.45, 7) is 5.10.